The number of rotatable bonds is 4. The van der Waals surface area contributed by atoms with Crippen LogP contribution in [0, 0.1) is 5.92 Å². The third-order valence-corrected chi connectivity index (χ3v) is 4.80. The lowest BCUT2D eigenvalue weighted by Crippen LogP contribution is -2.37. The molecule has 0 atom stereocenters. The fraction of sp³-hybridized carbons (Fsp3) is 0.412. The van der Waals surface area contributed by atoms with Crippen LogP contribution in [-0.4, -0.2) is 37.2 Å². The summed E-state index contributed by atoms with van der Waals surface area (Å²) in [5, 5.41) is 4.23. The Morgan fingerprint density at radius 2 is 2.00 bits per heavy atom. The van der Waals surface area contributed by atoms with Gasteiger partial charge in [0.25, 0.3) is 12.0 Å². The van der Waals surface area contributed by atoms with E-state index in [2.05, 4.69) is 20.0 Å². The van der Waals surface area contributed by atoms with Gasteiger partial charge in [-0.1, -0.05) is 0 Å². The van der Waals surface area contributed by atoms with E-state index in [1.165, 1.54) is 10.9 Å². The van der Waals surface area contributed by atoms with Crippen molar-refractivity contribution in [2.24, 2.45) is 5.92 Å². The Bertz CT molecular complexity index is 961. The average molecular weight is 360 g/mol. The summed E-state index contributed by atoms with van der Waals surface area (Å²) in [6.07, 6.45) is 5.57. The van der Waals surface area contributed by atoms with Gasteiger partial charge >= 0.3 is 0 Å². The highest BCUT2D eigenvalue weighted by Crippen LogP contribution is 2.25. The highest BCUT2D eigenvalue weighted by atomic mass is 19.3. The molecule has 136 valence electrons. The van der Waals surface area contributed by atoms with Gasteiger partial charge in [0, 0.05) is 38.1 Å². The molecule has 0 amide bonds. The smallest absolute Gasteiger partial charge is 0.280 e. The Morgan fingerprint density at radius 3 is 2.73 bits per heavy atom. The third-order valence-electron chi connectivity index (χ3n) is 4.80. The van der Waals surface area contributed by atoms with Crippen molar-refractivity contribution in [1.82, 2.24) is 24.1 Å². The van der Waals surface area contributed by atoms with E-state index in [-0.39, 0.29) is 0 Å². The van der Waals surface area contributed by atoms with Gasteiger partial charge in [-0.15, -0.1) is 0 Å². The molecule has 0 radical (unpaired) electrons. The summed E-state index contributed by atoms with van der Waals surface area (Å²) in [4.78, 5) is 22.4. The number of alkyl halides is 2. The molecule has 0 unspecified atom stereocenters. The van der Waals surface area contributed by atoms with Crippen molar-refractivity contribution in [2.45, 2.75) is 25.8 Å². The van der Waals surface area contributed by atoms with E-state index in [9.17, 15) is 13.6 Å². The van der Waals surface area contributed by atoms with Crippen molar-refractivity contribution in [3.63, 3.8) is 0 Å². The van der Waals surface area contributed by atoms with Gasteiger partial charge in [0.15, 0.2) is 5.82 Å². The molecule has 4 rings (SSSR count). The number of anilines is 1. The predicted octanol–water partition coefficient (Wildman–Crippen LogP) is 2.14. The first-order valence-electron chi connectivity index (χ1n) is 8.49. The summed E-state index contributed by atoms with van der Waals surface area (Å²) in [5.41, 5.74) is 0.0680. The van der Waals surface area contributed by atoms with E-state index < -0.39 is 17.7 Å². The standard InChI is InChI=1S/C17H18F2N6O/c18-16(19)13-9-15(26)24(11-21-13)10-12-2-6-23(7-3-12)17-14-1-4-22-25(14)8-5-20-17/h1,4-5,8-9,11-12,16H,2-3,6-7,10H2. The number of piperidine rings is 1. The van der Waals surface area contributed by atoms with Crippen LogP contribution >= 0.6 is 0 Å². The van der Waals surface area contributed by atoms with Gasteiger partial charge in [0.2, 0.25) is 0 Å². The predicted molar refractivity (Wildman–Crippen MR) is 91.4 cm³/mol. The molecule has 0 bridgehead atoms. The number of hydrogen-bond donors (Lipinski definition) is 0. The summed E-state index contributed by atoms with van der Waals surface area (Å²) < 4.78 is 28.4. The average Bonchev–Trinajstić information content (AvgIpc) is 3.13. The van der Waals surface area contributed by atoms with Crippen molar-refractivity contribution < 1.29 is 8.78 Å². The molecule has 1 aliphatic heterocycles. The van der Waals surface area contributed by atoms with Crippen LogP contribution in [0.4, 0.5) is 14.6 Å². The fourth-order valence-electron chi connectivity index (χ4n) is 3.39. The van der Waals surface area contributed by atoms with Gasteiger partial charge in [-0.2, -0.15) is 5.10 Å². The van der Waals surface area contributed by atoms with Gasteiger partial charge in [-0.25, -0.2) is 23.3 Å². The summed E-state index contributed by atoms with van der Waals surface area (Å²) in [6, 6.07) is 2.86. The van der Waals surface area contributed by atoms with Crippen LogP contribution in [0.3, 0.4) is 0 Å². The molecule has 0 aromatic carbocycles. The van der Waals surface area contributed by atoms with Crippen LogP contribution < -0.4 is 10.5 Å². The Balaban J connectivity index is 1.43. The number of hydrogen-bond acceptors (Lipinski definition) is 5. The first-order chi connectivity index (χ1) is 12.6. The van der Waals surface area contributed by atoms with Crippen LogP contribution in [0.2, 0.25) is 0 Å². The Hall–Kier alpha value is -2.84. The van der Waals surface area contributed by atoms with Crippen LogP contribution in [-0.2, 0) is 6.54 Å². The Morgan fingerprint density at radius 1 is 1.19 bits per heavy atom. The lowest BCUT2D eigenvalue weighted by atomic mass is 9.96. The summed E-state index contributed by atoms with van der Waals surface area (Å²) in [5.74, 6) is 1.20. The molecule has 9 heteroatoms. The van der Waals surface area contributed by atoms with Gasteiger partial charge in [0.05, 0.1) is 12.5 Å². The zero-order valence-electron chi connectivity index (χ0n) is 14.0. The van der Waals surface area contributed by atoms with Crippen LogP contribution in [0.1, 0.15) is 25.0 Å². The molecule has 0 saturated carbocycles. The highest BCUT2D eigenvalue weighted by molar-refractivity contribution is 5.68. The van der Waals surface area contributed by atoms with Crippen molar-refractivity contribution in [3.05, 3.63) is 53.1 Å². The molecule has 3 aromatic rings. The third kappa shape index (κ3) is 3.16. The van der Waals surface area contributed by atoms with Crippen LogP contribution in [0.25, 0.3) is 5.52 Å². The molecular formula is C17H18F2N6O. The fourth-order valence-corrected chi connectivity index (χ4v) is 3.39. The molecule has 0 N–H and O–H groups in total. The van der Waals surface area contributed by atoms with E-state index in [4.69, 9.17) is 0 Å². The molecule has 26 heavy (non-hydrogen) atoms. The van der Waals surface area contributed by atoms with E-state index in [0.29, 0.717) is 12.5 Å². The minimum Gasteiger partial charge on any atom is -0.355 e. The van der Waals surface area contributed by atoms with Crippen molar-refractivity contribution >= 4 is 11.3 Å². The highest BCUT2D eigenvalue weighted by Gasteiger charge is 2.22. The Labute approximate surface area is 147 Å². The Kier molecular flexibility index (Phi) is 4.36. The van der Waals surface area contributed by atoms with Gasteiger partial charge in [-0.05, 0) is 24.8 Å². The molecule has 1 fully saturated rings. The first kappa shape index (κ1) is 16.6. The lowest BCUT2D eigenvalue weighted by molar-refractivity contribution is 0.145. The molecule has 4 heterocycles. The van der Waals surface area contributed by atoms with E-state index in [1.807, 2.05) is 12.3 Å². The van der Waals surface area contributed by atoms with E-state index >= 15 is 0 Å². The molecule has 7 nitrogen and oxygen atoms in total. The van der Waals surface area contributed by atoms with Crippen molar-refractivity contribution in [2.75, 3.05) is 18.0 Å². The van der Waals surface area contributed by atoms with Crippen molar-refractivity contribution in [3.8, 4) is 0 Å². The number of nitrogens with zero attached hydrogens (tertiary/aromatic N) is 6. The zero-order valence-corrected chi connectivity index (χ0v) is 14.0. The SMILES string of the molecule is O=c1cc(C(F)F)ncn1CC1CCN(c2nccn3nccc23)CC1. The number of fused-ring (bicyclic) bond motifs is 1. The summed E-state index contributed by atoms with van der Waals surface area (Å²) >= 11 is 0. The lowest BCUT2D eigenvalue weighted by Gasteiger charge is -2.33. The van der Waals surface area contributed by atoms with Gasteiger partial charge in [-0.3, -0.25) is 9.36 Å². The van der Waals surface area contributed by atoms with Crippen LogP contribution in [0.15, 0.2) is 41.8 Å². The molecule has 1 aliphatic rings. The maximum Gasteiger partial charge on any atom is 0.280 e. The second-order valence-electron chi connectivity index (χ2n) is 6.45. The topological polar surface area (TPSA) is 68.3 Å². The summed E-state index contributed by atoms with van der Waals surface area (Å²) in [7, 11) is 0. The zero-order chi connectivity index (χ0) is 18.1. The van der Waals surface area contributed by atoms with Gasteiger partial charge in [0.1, 0.15) is 11.2 Å². The quantitative estimate of drug-likeness (QED) is 0.713. The molecule has 3 aromatic heterocycles. The molecule has 0 spiro atoms. The van der Waals surface area contributed by atoms with E-state index in [0.717, 1.165) is 43.3 Å². The van der Waals surface area contributed by atoms with Gasteiger partial charge < -0.3 is 4.90 Å². The second kappa shape index (κ2) is 6.81. The monoisotopic (exact) mass is 360 g/mol. The number of aromatic nitrogens is 5. The minimum atomic E-state index is -2.72. The largest absolute Gasteiger partial charge is 0.355 e. The minimum absolute atomic E-state index is 0.299. The molecule has 1 saturated heterocycles. The maximum atomic E-state index is 12.6. The first-order valence-corrected chi connectivity index (χ1v) is 8.49. The van der Waals surface area contributed by atoms with Crippen LogP contribution in [0.5, 0.6) is 0 Å². The van der Waals surface area contributed by atoms with Crippen molar-refractivity contribution in [1.29, 1.82) is 0 Å². The second-order valence-corrected chi connectivity index (χ2v) is 6.45. The van der Waals surface area contributed by atoms with E-state index in [1.54, 1.807) is 16.9 Å². The summed E-state index contributed by atoms with van der Waals surface area (Å²) in [6.45, 7) is 2.13. The molecular weight excluding hydrogens is 342 g/mol. The normalized spacial score (nSPS) is 15.9. The maximum absolute atomic E-state index is 12.6. The number of halogens is 2. The molecule has 0 aliphatic carbocycles.